The summed E-state index contributed by atoms with van der Waals surface area (Å²) < 4.78 is 6.14. The maximum Gasteiger partial charge on any atom is 0.102 e. The molecule has 0 aliphatic rings. The molecule has 0 aliphatic heterocycles. The first-order valence-electron chi connectivity index (χ1n) is 6.48. The fourth-order valence-electron chi connectivity index (χ4n) is 1.17. The summed E-state index contributed by atoms with van der Waals surface area (Å²) in [6.07, 6.45) is 1.87. The van der Waals surface area contributed by atoms with E-state index in [-0.39, 0.29) is 6.42 Å². The number of hydrogen-bond acceptors (Lipinski definition) is 3. The zero-order chi connectivity index (χ0) is 13.7. The van der Waals surface area contributed by atoms with E-state index in [1.54, 1.807) is 7.11 Å². The van der Waals surface area contributed by atoms with Crippen LogP contribution in [-0.2, 0) is 9.53 Å². The molecule has 0 aromatic rings. The summed E-state index contributed by atoms with van der Waals surface area (Å²) in [6.45, 7) is 10.8. The molecule has 0 bridgehead atoms. The summed E-state index contributed by atoms with van der Waals surface area (Å²) in [4.78, 5) is 9.65. The van der Waals surface area contributed by atoms with Gasteiger partial charge in [0.1, 0.15) is 6.54 Å². The Balaban J connectivity index is 0. The van der Waals surface area contributed by atoms with E-state index >= 15 is 0 Å². The highest BCUT2D eigenvalue weighted by Gasteiger charge is 2.14. The molecule has 0 saturated heterocycles. The quantitative estimate of drug-likeness (QED) is 0.602. The van der Waals surface area contributed by atoms with Crippen molar-refractivity contribution in [2.24, 2.45) is 0 Å². The molecule has 4 nitrogen and oxygen atoms in total. The number of aliphatic carboxylic acids is 1. The third-order valence-corrected chi connectivity index (χ3v) is 3.10. The molecule has 0 rings (SSSR count). The molecule has 0 aromatic carbocycles. The van der Waals surface area contributed by atoms with Crippen molar-refractivity contribution in [1.29, 1.82) is 0 Å². The standard InChI is InChI=1S/C8H20NO.C5H10O2/c1-5-9(3,6-2)7-8-10-4;1-2-3-4-5(6)7/h5-8H2,1-4H3;2-4H2,1H3,(H,6,7)/q+1;/p-1. The van der Waals surface area contributed by atoms with Crippen molar-refractivity contribution in [2.45, 2.75) is 40.0 Å². The first-order valence-corrected chi connectivity index (χ1v) is 6.48. The molecule has 0 spiro atoms. The average Bonchev–Trinajstić information content (AvgIpc) is 2.34. The van der Waals surface area contributed by atoms with Gasteiger partial charge in [-0.25, -0.2) is 0 Å². The van der Waals surface area contributed by atoms with Gasteiger partial charge >= 0.3 is 0 Å². The zero-order valence-electron chi connectivity index (χ0n) is 12.1. The van der Waals surface area contributed by atoms with Gasteiger partial charge in [-0.15, -0.1) is 0 Å². The Morgan fingerprint density at radius 2 is 1.76 bits per heavy atom. The van der Waals surface area contributed by atoms with Crippen molar-refractivity contribution in [3.63, 3.8) is 0 Å². The Hall–Kier alpha value is -0.610. The number of unbranched alkanes of at least 4 members (excludes halogenated alkanes) is 1. The van der Waals surface area contributed by atoms with Gasteiger partial charge in [-0.05, 0) is 26.7 Å². The van der Waals surface area contributed by atoms with Crippen molar-refractivity contribution in [3.8, 4) is 0 Å². The fraction of sp³-hybridized carbons (Fsp3) is 0.923. The number of likely N-dealkylation sites (N-methyl/N-ethyl adjacent to an activating group) is 1. The fourth-order valence-corrected chi connectivity index (χ4v) is 1.17. The Morgan fingerprint density at radius 3 is 2.00 bits per heavy atom. The van der Waals surface area contributed by atoms with Crippen molar-refractivity contribution in [1.82, 2.24) is 0 Å². The van der Waals surface area contributed by atoms with Crippen LogP contribution < -0.4 is 5.11 Å². The van der Waals surface area contributed by atoms with Gasteiger partial charge in [0, 0.05) is 13.1 Å². The van der Waals surface area contributed by atoms with Crippen LogP contribution in [0.1, 0.15) is 40.0 Å². The van der Waals surface area contributed by atoms with E-state index in [1.165, 1.54) is 13.1 Å². The molecule has 4 heteroatoms. The number of methoxy groups -OCH3 is 1. The third kappa shape index (κ3) is 13.3. The molecular formula is C13H29NO3. The highest BCUT2D eigenvalue weighted by atomic mass is 16.5. The number of carboxylic acid groups (broad SMARTS) is 1. The smallest absolute Gasteiger partial charge is 0.102 e. The summed E-state index contributed by atoms with van der Waals surface area (Å²) >= 11 is 0. The van der Waals surface area contributed by atoms with Crippen LogP contribution in [0.4, 0.5) is 0 Å². The molecule has 0 aliphatic carbocycles. The van der Waals surface area contributed by atoms with Crippen LogP contribution in [0.5, 0.6) is 0 Å². The summed E-state index contributed by atoms with van der Waals surface area (Å²) in [5.41, 5.74) is 0. The van der Waals surface area contributed by atoms with Crippen LogP contribution in [0.25, 0.3) is 0 Å². The molecular weight excluding hydrogens is 218 g/mol. The zero-order valence-corrected chi connectivity index (χ0v) is 12.1. The highest BCUT2D eigenvalue weighted by molar-refractivity contribution is 5.63. The molecule has 0 aromatic heterocycles. The molecule has 0 heterocycles. The van der Waals surface area contributed by atoms with Crippen LogP contribution in [0, 0.1) is 0 Å². The van der Waals surface area contributed by atoms with E-state index < -0.39 is 5.97 Å². The average molecular weight is 247 g/mol. The van der Waals surface area contributed by atoms with Crippen LogP contribution in [0.15, 0.2) is 0 Å². The second-order valence-corrected chi connectivity index (χ2v) is 4.44. The monoisotopic (exact) mass is 247 g/mol. The normalized spacial score (nSPS) is 10.6. The topological polar surface area (TPSA) is 49.4 Å². The summed E-state index contributed by atoms with van der Waals surface area (Å²) in [7, 11) is 4.02. The lowest BCUT2D eigenvalue weighted by Gasteiger charge is -2.31. The lowest BCUT2D eigenvalue weighted by Crippen LogP contribution is -2.45. The molecule has 17 heavy (non-hydrogen) atoms. The van der Waals surface area contributed by atoms with Gasteiger partial charge in [-0.2, -0.15) is 0 Å². The Bertz CT molecular complexity index is 180. The molecule has 0 atom stereocenters. The first-order chi connectivity index (χ1) is 7.95. The minimum absolute atomic E-state index is 0.205. The van der Waals surface area contributed by atoms with Gasteiger partial charge in [0.15, 0.2) is 0 Å². The number of quaternary nitrogens is 1. The second-order valence-electron chi connectivity index (χ2n) is 4.44. The van der Waals surface area contributed by atoms with Crippen molar-refractivity contribution >= 4 is 5.97 Å². The van der Waals surface area contributed by atoms with Crippen molar-refractivity contribution in [2.75, 3.05) is 40.4 Å². The summed E-state index contributed by atoms with van der Waals surface area (Å²) in [6, 6.07) is 0. The molecule has 0 fully saturated rings. The second kappa shape index (κ2) is 11.9. The van der Waals surface area contributed by atoms with Crippen LogP contribution >= 0.6 is 0 Å². The number of hydrogen-bond donors (Lipinski definition) is 0. The predicted molar refractivity (Wildman–Crippen MR) is 68.5 cm³/mol. The number of nitrogens with zero attached hydrogens (tertiary/aromatic N) is 1. The summed E-state index contributed by atoms with van der Waals surface area (Å²) in [5.74, 6) is -0.943. The summed E-state index contributed by atoms with van der Waals surface area (Å²) in [5, 5.41) is 9.65. The van der Waals surface area contributed by atoms with Gasteiger partial charge in [-0.3, -0.25) is 0 Å². The predicted octanol–water partition coefficient (Wildman–Crippen LogP) is 1.05. The van der Waals surface area contributed by atoms with Gasteiger partial charge in [0.2, 0.25) is 0 Å². The van der Waals surface area contributed by atoms with E-state index in [0.29, 0.717) is 0 Å². The number of carboxylic acids is 1. The highest BCUT2D eigenvalue weighted by Crippen LogP contribution is 1.99. The van der Waals surface area contributed by atoms with E-state index in [0.717, 1.165) is 30.5 Å². The Kier molecular flexibility index (Phi) is 13.1. The SMILES string of the molecule is CCCCC(=O)[O-].CC[N+](C)(CC)CCOC. The van der Waals surface area contributed by atoms with Crippen LogP contribution in [0.2, 0.25) is 0 Å². The minimum Gasteiger partial charge on any atom is -0.550 e. The molecule has 0 radical (unpaired) electrons. The van der Waals surface area contributed by atoms with Crippen LogP contribution in [0.3, 0.4) is 0 Å². The third-order valence-electron chi connectivity index (χ3n) is 3.10. The Labute approximate surface area is 106 Å². The van der Waals surface area contributed by atoms with Crippen molar-refractivity contribution < 1.29 is 19.1 Å². The lowest BCUT2D eigenvalue weighted by molar-refractivity contribution is -0.906. The minimum atomic E-state index is -0.943. The number of ether oxygens (including phenoxy) is 1. The maximum atomic E-state index is 9.65. The van der Waals surface area contributed by atoms with Gasteiger partial charge in [0.25, 0.3) is 0 Å². The van der Waals surface area contributed by atoms with Gasteiger partial charge in [0.05, 0.1) is 26.7 Å². The van der Waals surface area contributed by atoms with Crippen LogP contribution in [-0.4, -0.2) is 50.9 Å². The van der Waals surface area contributed by atoms with Gasteiger partial charge < -0.3 is 19.1 Å². The number of carbonyl (C=O) groups is 1. The van der Waals surface area contributed by atoms with E-state index in [1.807, 2.05) is 6.92 Å². The van der Waals surface area contributed by atoms with Gasteiger partial charge in [-0.1, -0.05) is 13.3 Å². The molecule has 0 unspecified atom stereocenters. The van der Waals surface area contributed by atoms with Crippen molar-refractivity contribution in [3.05, 3.63) is 0 Å². The number of rotatable bonds is 8. The lowest BCUT2D eigenvalue weighted by atomic mass is 10.3. The number of carbonyl (C=O) groups excluding carboxylic acids is 1. The van der Waals surface area contributed by atoms with E-state index in [2.05, 4.69) is 20.9 Å². The molecule has 0 N–H and O–H groups in total. The first kappa shape index (κ1) is 18.7. The Morgan fingerprint density at radius 1 is 1.24 bits per heavy atom. The molecule has 0 amide bonds. The molecule has 104 valence electrons. The maximum absolute atomic E-state index is 9.65. The largest absolute Gasteiger partial charge is 0.550 e. The van der Waals surface area contributed by atoms with E-state index in [4.69, 9.17) is 4.74 Å². The van der Waals surface area contributed by atoms with E-state index in [9.17, 15) is 9.90 Å². The molecule has 0 saturated carbocycles.